The molecule has 1 aliphatic heterocycles. The Morgan fingerprint density at radius 2 is 1.66 bits per heavy atom. The number of phenolic OH excluding ortho intramolecular Hbond substituents is 1. The number of rotatable bonds is 6. The summed E-state index contributed by atoms with van der Waals surface area (Å²) in [4.78, 5) is 2.52. The number of phenols is 1. The van der Waals surface area contributed by atoms with Gasteiger partial charge in [-0.15, -0.1) is 0 Å². The van der Waals surface area contributed by atoms with Gasteiger partial charge >= 0.3 is 0 Å². The Balaban J connectivity index is 1.39. The first-order valence-electron chi connectivity index (χ1n) is 12.2. The Kier molecular flexibility index (Phi) is 6.24. The summed E-state index contributed by atoms with van der Waals surface area (Å²) < 4.78 is 15.1. The van der Waals surface area contributed by atoms with E-state index in [2.05, 4.69) is 27.7 Å². The van der Waals surface area contributed by atoms with E-state index >= 15 is 4.39 Å². The van der Waals surface area contributed by atoms with E-state index in [4.69, 9.17) is 0 Å². The zero-order chi connectivity index (χ0) is 21.9. The van der Waals surface area contributed by atoms with Crippen molar-refractivity contribution in [2.75, 3.05) is 28.6 Å². The highest BCUT2D eigenvalue weighted by Crippen LogP contribution is 2.38. The van der Waals surface area contributed by atoms with E-state index in [0.717, 1.165) is 30.6 Å². The van der Waals surface area contributed by atoms with Crippen LogP contribution in [0.5, 0.6) is 5.75 Å². The average molecular weight is 436 g/mol. The van der Waals surface area contributed by atoms with Gasteiger partial charge in [-0.1, -0.05) is 38.2 Å². The Hall–Kier alpha value is -2.69. The van der Waals surface area contributed by atoms with Gasteiger partial charge in [0.2, 0.25) is 0 Å². The highest BCUT2D eigenvalue weighted by molar-refractivity contribution is 5.78. The molecule has 2 fully saturated rings. The van der Waals surface area contributed by atoms with Gasteiger partial charge in [-0.05, 0) is 67.7 Å². The maximum absolute atomic E-state index is 15.1. The van der Waals surface area contributed by atoms with Crippen LogP contribution < -0.4 is 15.5 Å². The molecule has 170 valence electrons. The quantitative estimate of drug-likeness (QED) is 0.451. The lowest BCUT2D eigenvalue weighted by Crippen LogP contribution is -2.38. The van der Waals surface area contributed by atoms with Crippen LogP contribution in [0.1, 0.15) is 63.4 Å². The number of aromatic hydroxyl groups is 1. The van der Waals surface area contributed by atoms with Crippen molar-refractivity contribution in [2.24, 2.45) is 0 Å². The number of hydrogen-bond acceptors (Lipinski definition) is 4. The lowest BCUT2D eigenvalue weighted by atomic mass is 9.94. The molecule has 2 aromatic carbocycles. The second kappa shape index (κ2) is 9.43. The fourth-order valence-electron chi connectivity index (χ4n) is 5.53. The van der Waals surface area contributed by atoms with Gasteiger partial charge in [0.05, 0.1) is 5.69 Å². The van der Waals surface area contributed by atoms with E-state index in [1.165, 1.54) is 56.2 Å². The first kappa shape index (κ1) is 21.2. The minimum Gasteiger partial charge on any atom is -0.508 e. The number of anilines is 3. The predicted octanol–water partition coefficient (Wildman–Crippen LogP) is 6.53. The molecule has 32 heavy (non-hydrogen) atoms. The fraction of sp³-hybridized carbons (Fsp3) is 0.481. The number of fused-ring (bicyclic) bond motifs is 1. The third-order valence-electron chi connectivity index (χ3n) is 7.28. The van der Waals surface area contributed by atoms with Crippen molar-refractivity contribution in [3.63, 3.8) is 0 Å². The summed E-state index contributed by atoms with van der Waals surface area (Å²) in [6, 6.07) is 11.8. The number of nitrogens with one attached hydrogen (secondary N) is 2. The molecule has 5 heteroatoms. The molecule has 0 bridgehead atoms. The Morgan fingerprint density at radius 1 is 0.938 bits per heavy atom. The van der Waals surface area contributed by atoms with Crippen molar-refractivity contribution in [3.8, 4) is 5.75 Å². The van der Waals surface area contributed by atoms with Crippen LogP contribution in [0.3, 0.4) is 0 Å². The molecule has 0 spiro atoms. The van der Waals surface area contributed by atoms with E-state index in [1.54, 1.807) is 18.2 Å². The van der Waals surface area contributed by atoms with Crippen LogP contribution in [0.15, 0.2) is 42.0 Å². The van der Waals surface area contributed by atoms with Crippen molar-refractivity contribution in [3.05, 3.63) is 53.4 Å². The standard InChI is InChI=1S/C27H34FN3O/c28-25-15-20-14-19(17-29-21-10-12-24(32)13-11-21)18-31(23-8-4-5-9-23)27(20)16-26(25)30-22-6-2-1-3-7-22/h10-16,22-23,29-30,32H,1-9,17-18H2. The Morgan fingerprint density at radius 3 is 2.41 bits per heavy atom. The summed E-state index contributed by atoms with van der Waals surface area (Å²) in [7, 11) is 0. The smallest absolute Gasteiger partial charge is 0.147 e. The molecule has 0 saturated heterocycles. The molecule has 3 aliphatic rings. The monoisotopic (exact) mass is 435 g/mol. The van der Waals surface area contributed by atoms with Crippen molar-refractivity contribution in [1.29, 1.82) is 0 Å². The second-order valence-electron chi connectivity index (χ2n) is 9.64. The molecule has 2 aromatic rings. The maximum atomic E-state index is 15.1. The van der Waals surface area contributed by atoms with Crippen LogP contribution in [-0.2, 0) is 0 Å². The van der Waals surface area contributed by atoms with Gasteiger partial charge in [-0.2, -0.15) is 0 Å². The van der Waals surface area contributed by atoms with Gasteiger partial charge in [-0.25, -0.2) is 4.39 Å². The van der Waals surface area contributed by atoms with E-state index in [1.807, 2.05) is 12.1 Å². The third-order valence-corrected chi connectivity index (χ3v) is 7.28. The van der Waals surface area contributed by atoms with Crippen LogP contribution in [-0.4, -0.2) is 30.3 Å². The minimum atomic E-state index is -0.148. The Labute approximate surface area is 190 Å². The van der Waals surface area contributed by atoms with Crippen LogP contribution >= 0.6 is 0 Å². The first-order chi connectivity index (χ1) is 15.7. The molecule has 0 amide bonds. The minimum absolute atomic E-state index is 0.148. The molecule has 4 nitrogen and oxygen atoms in total. The van der Waals surface area contributed by atoms with Crippen molar-refractivity contribution in [2.45, 2.75) is 69.9 Å². The number of nitrogens with zero attached hydrogens (tertiary/aromatic N) is 1. The number of halogens is 1. The van der Waals surface area contributed by atoms with E-state index in [0.29, 0.717) is 24.3 Å². The van der Waals surface area contributed by atoms with Gasteiger partial charge in [0.1, 0.15) is 11.6 Å². The van der Waals surface area contributed by atoms with Gasteiger partial charge in [0.15, 0.2) is 0 Å². The van der Waals surface area contributed by atoms with E-state index in [-0.39, 0.29) is 11.6 Å². The van der Waals surface area contributed by atoms with Gasteiger partial charge < -0.3 is 20.6 Å². The Bertz CT molecular complexity index is 960. The molecule has 2 aliphatic carbocycles. The summed E-state index contributed by atoms with van der Waals surface area (Å²) in [5, 5.41) is 16.5. The lowest BCUT2D eigenvalue weighted by molar-refractivity contribution is 0.460. The summed E-state index contributed by atoms with van der Waals surface area (Å²) in [6.07, 6.45) is 13.2. The molecule has 5 rings (SSSR count). The maximum Gasteiger partial charge on any atom is 0.147 e. The molecular formula is C27H34FN3O. The highest BCUT2D eigenvalue weighted by atomic mass is 19.1. The van der Waals surface area contributed by atoms with Crippen molar-refractivity contribution < 1.29 is 9.50 Å². The second-order valence-corrected chi connectivity index (χ2v) is 9.64. The molecule has 0 aromatic heterocycles. The zero-order valence-corrected chi connectivity index (χ0v) is 18.7. The van der Waals surface area contributed by atoms with Crippen LogP contribution in [0.4, 0.5) is 21.5 Å². The van der Waals surface area contributed by atoms with Crippen molar-refractivity contribution >= 4 is 23.1 Å². The number of benzene rings is 2. The van der Waals surface area contributed by atoms with Crippen LogP contribution in [0, 0.1) is 5.82 Å². The van der Waals surface area contributed by atoms with Crippen LogP contribution in [0.2, 0.25) is 0 Å². The van der Waals surface area contributed by atoms with E-state index < -0.39 is 0 Å². The fourth-order valence-corrected chi connectivity index (χ4v) is 5.53. The molecule has 2 saturated carbocycles. The molecule has 0 atom stereocenters. The molecular weight excluding hydrogens is 401 g/mol. The molecule has 0 unspecified atom stereocenters. The van der Waals surface area contributed by atoms with Gasteiger partial charge in [0.25, 0.3) is 0 Å². The summed E-state index contributed by atoms with van der Waals surface area (Å²) in [5.74, 6) is 0.117. The van der Waals surface area contributed by atoms with E-state index in [9.17, 15) is 5.11 Å². The normalized spacial score (nSPS) is 19.5. The lowest BCUT2D eigenvalue weighted by Gasteiger charge is -2.37. The molecule has 3 N–H and O–H groups in total. The summed E-state index contributed by atoms with van der Waals surface area (Å²) in [6.45, 7) is 1.58. The average Bonchev–Trinajstić information content (AvgIpc) is 3.34. The third kappa shape index (κ3) is 4.72. The van der Waals surface area contributed by atoms with Gasteiger partial charge in [0, 0.05) is 42.1 Å². The van der Waals surface area contributed by atoms with Gasteiger partial charge in [-0.3, -0.25) is 0 Å². The largest absolute Gasteiger partial charge is 0.508 e. The first-order valence-corrected chi connectivity index (χ1v) is 12.2. The van der Waals surface area contributed by atoms with Crippen LogP contribution in [0.25, 0.3) is 6.08 Å². The number of hydrogen-bond donors (Lipinski definition) is 3. The van der Waals surface area contributed by atoms with Crippen molar-refractivity contribution in [1.82, 2.24) is 0 Å². The topological polar surface area (TPSA) is 47.5 Å². The highest BCUT2D eigenvalue weighted by Gasteiger charge is 2.29. The molecule has 0 radical (unpaired) electrons. The summed E-state index contributed by atoms with van der Waals surface area (Å²) in [5.41, 5.74) is 5.05. The summed E-state index contributed by atoms with van der Waals surface area (Å²) >= 11 is 0. The SMILES string of the molecule is Oc1ccc(NCC2=Cc3cc(F)c(NC4CCCCC4)cc3N(C3CCCC3)C2)cc1. The molecule has 1 heterocycles. The zero-order valence-electron chi connectivity index (χ0n) is 18.7. The predicted molar refractivity (Wildman–Crippen MR) is 131 cm³/mol.